The topological polar surface area (TPSA) is 170 Å². The summed E-state index contributed by atoms with van der Waals surface area (Å²) < 4.78 is 5.41. The number of likely N-dealkylation sites (tertiary alicyclic amines) is 1. The monoisotopic (exact) mass is 744 g/mol. The SMILES string of the molecule is CC[C@H](C)[C@H](CC(=O)[C@H]1CCCCN1C)C(=O)N(CCOC)[C@H](C[C@@H](O)c1nc(C(=O)N[C@@H](Cc2ccc(O)cc2)C[C@H](C)C(=O)O)cs1)C(C)C. The van der Waals surface area contributed by atoms with Crippen molar-refractivity contribution in [3.63, 3.8) is 0 Å². The molecule has 1 aliphatic rings. The average Bonchev–Trinajstić information content (AvgIpc) is 3.61. The van der Waals surface area contributed by atoms with Gasteiger partial charge in [-0.25, -0.2) is 4.98 Å². The number of aromatic hydroxyl groups is 1. The number of likely N-dealkylation sites (N-methyl/N-ethyl adjacent to an activating group) is 1. The van der Waals surface area contributed by atoms with E-state index in [1.54, 1.807) is 36.4 Å². The van der Waals surface area contributed by atoms with E-state index in [9.17, 15) is 34.5 Å². The molecule has 0 spiro atoms. The number of thiazole rings is 1. The van der Waals surface area contributed by atoms with Crippen molar-refractivity contribution in [2.24, 2.45) is 23.7 Å². The number of benzene rings is 1. The molecule has 52 heavy (non-hydrogen) atoms. The normalized spacial score (nSPS) is 18.6. The van der Waals surface area contributed by atoms with Gasteiger partial charge in [-0.15, -0.1) is 11.3 Å². The van der Waals surface area contributed by atoms with Gasteiger partial charge in [0.2, 0.25) is 5.91 Å². The van der Waals surface area contributed by atoms with Crippen LogP contribution in [0.4, 0.5) is 0 Å². The summed E-state index contributed by atoms with van der Waals surface area (Å²) in [6.07, 6.45) is 3.42. The quantitative estimate of drug-likeness (QED) is 0.131. The first-order valence-electron chi connectivity index (χ1n) is 18.6. The fourth-order valence-electron chi connectivity index (χ4n) is 7.02. The standard InChI is InChI=1S/C39H60N4O8S/c1-8-25(4)30(21-34(45)32-11-9-10-16-42(32)6)38(48)43(17-18-51-7)33(24(2)3)22-35(46)37-41-31(23-52-37)36(47)40-28(19-26(5)39(49)50)20-27-12-14-29(44)15-13-27/h12-15,23-26,28,30,32-33,35,44,46H,8-11,16-22H2,1-7H3,(H,40,47)(H,49,50)/t25-,26-,28+,30-,32+,33+,35+/m0/s1. The van der Waals surface area contributed by atoms with Crippen LogP contribution in [0.2, 0.25) is 0 Å². The third kappa shape index (κ3) is 12.3. The Bertz CT molecular complexity index is 1450. The first-order chi connectivity index (χ1) is 24.7. The zero-order valence-electron chi connectivity index (χ0n) is 31.9. The lowest BCUT2D eigenvalue weighted by molar-refractivity contribution is -0.145. The fraction of sp³-hybridized carbons (Fsp3) is 0.667. The number of aliphatic carboxylic acids is 1. The number of aliphatic hydroxyl groups is 1. The van der Waals surface area contributed by atoms with Crippen molar-refractivity contribution in [2.75, 3.05) is 33.9 Å². The van der Waals surface area contributed by atoms with Crippen molar-refractivity contribution < 1.29 is 39.2 Å². The first-order valence-corrected chi connectivity index (χ1v) is 19.5. The lowest BCUT2D eigenvalue weighted by Gasteiger charge is -2.39. The molecule has 2 amide bonds. The van der Waals surface area contributed by atoms with Gasteiger partial charge in [-0.05, 0) is 68.8 Å². The van der Waals surface area contributed by atoms with Gasteiger partial charge in [0.15, 0.2) is 5.78 Å². The van der Waals surface area contributed by atoms with E-state index in [1.165, 1.54) is 12.1 Å². The number of hydrogen-bond donors (Lipinski definition) is 4. The second-order valence-electron chi connectivity index (χ2n) is 14.8. The van der Waals surface area contributed by atoms with Gasteiger partial charge in [0.05, 0.1) is 18.6 Å². The van der Waals surface area contributed by atoms with E-state index in [1.807, 2.05) is 34.7 Å². The summed E-state index contributed by atoms with van der Waals surface area (Å²) in [7, 11) is 3.56. The minimum atomic E-state index is -1.07. The Labute approximate surface area is 313 Å². The number of aliphatic hydroxyl groups excluding tert-OH is 1. The predicted octanol–water partition coefficient (Wildman–Crippen LogP) is 5.33. The van der Waals surface area contributed by atoms with Gasteiger partial charge >= 0.3 is 5.97 Å². The van der Waals surface area contributed by atoms with E-state index in [-0.39, 0.29) is 60.3 Å². The highest BCUT2D eigenvalue weighted by molar-refractivity contribution is 7.09. The zero-order chi connectivity index (χ0) is 38.5. The molecule has 0 bridgehead atoms. The summed E-state index contributed by atoms with van der Waals surface area (Å²) in [4.78, 5) is 61.5. The number of carbonyl (C=O) groups excluding carboxylic acids is 3. The summed E-state index contributed by atoms with van der Waals surface area (Å²) in [5, 5.41) is 35.5. The van der Waals surface area contributed by atoms with E-state index >= 15 is 0 Å². The molecular weight excluding hydrogens is 685 g/mol. The molecule has 1 aromatic heterocycles. The van der Waals surface area contributed by atoms with Gasteiger partial charge in [0, 0.05) is 49.9 Å². The second-order valence-corrected chi connectivity index (χ2v) is 15.7. The van der Waals surface area contributed by atoms with Crippen molar-refractivity contribution in [2.45, 2.75) is 110 Å². The molecular formula is C39H60N4O8S. The number of piperidine rings is 1. The van der Waals surface area contributed by atoms with Crippen LogP contribution in [0.1, 0.15) is 107 Å². The number of amides is 2. The molecule has 0 saturated carbocycles. The van der Waals surface area contributed by atoms with E-state index in [0.717, 1.165) is 49.1 Å². The summed E-state index contributed by atoms with van der Waals surface area (Å²) in [6.45, 7) is 11.1. The molecule has 1 aliphatic heterocycles. The van der Waals surface area contributed by atoms with E-state index < -0.39 is 41.9 Å². The maximum Gasteiger partial charge on any atom is 0.306 e. The highest BCUT2D eigenvalue weighted by atomic mass is 32.1. The minimum absolute atomic E-state index is 0.0236. The van der Waals surface area contributed by atoms with Crippen LogP contribution in [0.25, 0.3) is 0 Å². The van der Waals surface area contributed by atoms with E-state index in [2.05, 4.69) is 15.2 Å². The number of carboxylic acids is 1. The molecule has 13 heteroatoms. The molecule has 2 heterocycles. The van der Waals surface area contributed by atoms with Crippen LogP contribution in [0.15, 0.2) is 29.6 Å². The van der Waals surface area contributed by atoms with Crippen molar-refractivity contribution >= 4 is 34.9 Å². The Morgan fingerprint density at radius 2 is 1.79 bits per heavy atom. The van der Waals surface area contributed by atoms with Gasteiger partial charge in [-0.3, -0.25) is 24.1 Å². The van der Waals surface area contributed by atoms with Gasteiger partial charge in [-0.2, -0.15) is 0 Å². The zero-order valence-corrected chi connectivity index (χ0v) is 32.7. The largest absolute Gasteiger partial charge is 0.508 e. The highest BCUT2D eigenvalue weighted by Crippen LogP contribution is 2.32. The Morgan fingerprint density at radius 3 is 2.38 bits per heavy atom. The number of phenols is 1. The number of aromatic nitrogens is 1. The van der Waals surface area contributed by atoms with Crippen molar-refractivity contribution in [3.05, 3.63) is 45.9 Å². The maximum atomic E-state index is 14.5. The van der Waals surface area contributed by atoms with Crippen LogP contribution in [-0.4, -0.2) is 106 Å². The number of carboxylic acid groups (broad SMARTS) is 1. The van der Waals surface area contributed by atoms with Crippen LogP contribution in [0, 0.1) is 23.7 Å². The van der Waals surface area contributed by atoms with Crippen molar-refractivity contribution in [3.8, 4) is 5.75 Å². The Balaban J connectivity index is 1.79. The molecule has 7 atom stereocenters. The Kier molecular flexibility index (Phi) is 17.2. The Morgan fingerprint density at radius 1 is 1.10 bits per heavy atom. The van der Waals surface area contributed by atoms with Gasteiger partial charge in [-0.1, -0.05) is 59.6 Å². The molecule has 1 aromatic carbocycles. The molecule has 0 unspecified atom stereocenters. The number of Topliss-reactive ketones (excluding diaryl/α,β-unsaturated/α-hetero) is 1. The van der Waals surface area contributed by atoms with Crippen molar-refractivity contribution in [1.82, 2.24) is 20.1 Å². The van der Waals surface area contributed by atoms with Gasteiger partial charge < -0.3 is 30.3 Å². The number of carbonyl (C=O) groups is 4. The minimum Gasteiger partial charge on any atom is -0.508 e. The second kappa shape index (κ2) is 20.7. The maximum absolute atomic E-state index is 14.5. The van der Waals surface area contributed by atoms with E-state index in [4.69, 9.17) is 4.74 Å². The Hall–Kier alpha value is -3.39. The lowest BCUT2D eigenvalue weighted by atomic mass is 9.82. The van der Waals surface area contributed by atoms with Crippen LogP contribution >= 0.6 is 11.3 Å². The molecule has 0 radical (unpaired) electrons. The summed E-state index contributed by atoms with van der Waals surface area (Å²) in [6, 6.07) is 5.43. The van der Waals surface area contributed by atoms with Crippen LogP contribution < -0.4 is 5.32 Å². The lowest BCUT2D eigenvalue weighted by Crippen LogP contribution is -2.50. The van der Waals surface area contributed by atoms with Crippen LogP contribution in [0.5, 0.6) is 5.75 Å². The molecule has 0 aliphatic carbocycles. The molecule has 3 rings (SSSR count). The molecule has 2 aromatic rings. The smallest absolute Gasteiger partial charge is 0.306 e. The summed E-state index contributed by atoms with van der Waals surface area (Å²) in [5.74, 6) is -2.65. The highest BCUT2D eigenvalue weighted by Gasteiger charge is 2.38. The van der Waals surface area contributed by atoms with Crippen LogP contribution in [0.3, 0.4) is 0 Å². The number of nitrogens with zero attached hydrogens (tertiary/aromatic N) is 3. The number of hydrogen-bond acceptors (Lipinski definition) is 10. The van der Waals surface area contributed by atoms with Gasteiger partial charge in [0.25, 0.3) is 5.91 Å². The number of rotatable bonds is 21. The predicted molar refractivity (Wildman–Crippen MR) is 201 cm³/mol. The molecule has 1 saturated heterocycles. The number of ketones is 1. The molecule has 290 valence electrons. The number of phenolic OH excluding ortho intramolecular Hbond substituents is 1. The fourth-order valence-corrected chi connectivity index (χ4v) is 7.82. The summed E-state index contributed by atoms with van der Waals surface area (Å²) >= 11 is 1.15. The third-order valence-corrected chi connectivity index (χ3v) is 11.5. The van der Waals surface area contributed by atoms with Crippen LogP contribution in [-0.2, 0) is 25.5 Å². The van der Waals surface area contributed by atoms with Gasteiger partial charge in [0.1, 0.15) is 22.6 Å². The number of nitrogens with one attached hydrogen (secondary N) is 1. The molecule has 1 fully saturated rings. The number of methoxy groups -OCH3 is 1. The van der Waals surface area contributed by atoms with Crippen molar-refractivity contribution in [1.29, 1.82) is 0 Å². The first kappa shape index (κ1) is 43.0. The van der Waals surface area contributed by atoms with E-state index in [0.29, 0.717) is 24.6 Å². The number of ether oxygens (including phenoxy) is 1. The molecule has 4 N–H and O–H groups in total. The molecule has 12 nitrogen and oxygen atoms in total. The third-order valence-electron chi connectivity index (χ3n) is 10.5. The summed E-state index contributed by atoms with van der Waals surface area (Å²) in [5.41, 5.74) is 0.929. The average molecular weight is 745 g/mol.